The maximum absolute atomic E-state index is 13.9. The maximum atomic E-state index is 13.9. The monoisotopic (exact) mass is 580 g/mol. The Morgan fingerprint density at radius 2 is 1.62 bits per heavy atom. The number of unbranched alkanes of at least 4 members (excludes halogenated alkanes) is 2. The number of hydrogen-bond donors (Lipinski definition) is 1. The van der Waals surface area contributed by atoms with Crippen LogP contribution in [0.15, 0.2) is 40.9 Å². The molecule has 0 atom stereocenters. The van der Waals surface area contributed by atoms with Gasteiger partial charge in [0.1, 0.15) is 12.4 Å². The Morgan fingerprint density at radius 1 is 0.971 bits per heavy atom. The van der Waals surface area contributed by atoms with Gasteiger partial charge in [-0.1, -0.05) is 44.9 Å². The summed E-state index contributed by atoms with van der Waals surface area (Å²) in [5.41, 5.74) is 1.62. The lowest BCUT2D eigenvalue weighted by Gasteiger charge is -2.22. The van der Waals surface area contributed by atoms with Gasteiger partial charge in [-0.2, -0.15) is 0 Å². The fourth-order valence-electron chi connectivity index (χ4n) is 3.54. The van der Waals surface area contributed by atoms with Gasteiger partial charge in [0.25, 0.3) is 0 Å². The molecule has 0 aliphatic carbocycles. The fraction of sp³-hybridized carbons (Fsp3) is 0.538. The molecule has 0 fully saturated rings. The minimum absolute atomic E-state index is 0. The number of methoxy groups -OCH3 is 1. The third-order valence-electron chi connectivity index (χ3n) is 5.43. The van der Waals surface area contributed by atoms with E-state index in [1.54, 1.807) is 25.3 Å². The van der Waals surface area contributed by atoms with Gasteiger partial charge < -0.3 is 19.7 Å². The summed E-state index contributed by atoms with van der Waals surface area (Å²) in [6, 6.07) is 10.6. The number of nitrogens with one attached hydrogen (secondary N) is 1. The number of hydrogen-bond acceptors (Lipinski definition) is 4. The van der Waals surface area contributed by atoms with Crippen LogP contribution in [0.4, 0.5) is 4.39 Å². The molecular weight excluding hydrogens is 542 g/mol. The van der Waals surface area contributed by atoms with Gasteiger partial charge in [-0.05, 0) is 85.1 Å². The molecule has 0 aliphatic rings. The molecule has 8 heteroatoms. The topological polar surface area (TPSA) is 33.7 Å². The second-order valence-corrected chi connectivity index (χ2v) is 8.92. The summed E-state index contributed by atoms with van der Waals surface area (Å²) >= 11 is 3.59. The van der Waals surface area contributed by atoms with E-state index in [1.165, 1.54) is 44.8 Å². The van der Waals surface area contributed by atoms with E-state index in [0.29, 0.717) is 17.1 Å². The predicted molar refractivity (Wildman–Crippen MR) is 149 cm³/mol. The molecule has 0 aliphatic heterocycles. The summed E-state index contributed by atoms with van der Waals surface area (Å²) in [4.78, 5) is 2.59. The molecule has 0 aromatic heterocycles. The standard InChI is InChI=1S/C26H38BrFN2O2.2ClH/c1-4-6-14-30(15-7-5-2)16-10-13-29-19-21-17-23(27)26(25(18-21)31-3)32-20-22-11-8-9-12-24(22)28;;/h8-9,11-12,17-18,29H,4-7,10,13-16,19-20H2,1-3H3;2*1H. The lowest BCUT2D eigenvalue weighted by atomic mass is 10.2. The van der Waals surface area contributed by atoms with Gasteiger partial charge in [0, 0.05) is 12.1 Å². The van der Waals surface area contributed by atoms with Gasteiger partial charge in [-0.3, -0.25) is 0 Å². The van der Waals surface area contributed by atoms with E-state index in [4.69, 9.17) is 9.47 Å². The predicted octanol–water partition coefficient (Wildman–Crippen LogP) is 7.40. The number of rotatable bonds is 16. The first-order valence-corrected chi connectivity index (χ1v) is 12.5. The molecule has 2 rings (SSSR count). The van der Waals surface area contributed by atoms with Crippen molar-refractivity contribution in [2.24, 2.45) is 0 Å². The Morgan fingerprint density at radius 3 is 2.24 bits per heavy atom. The van der Waals surface area contributed by atoms with Gasteiger partial charge in [0.2, 0.25) is 0 Å². The van der Waals surface area contributed by atoms with Crippen molar-refractivity contribution in [2.75, 3.05) is 33.3 Å². The molecule has 0 bridgehead atoms. The normalized spacial score (nSPS) is 10.5. The molecule has 1 N–H and O–H groups in total. The Balaban J connectivity index is 0.00000544. The highest BCUT2D eigenvalue weighted by Crippen LogP contribution is 2.37. The summed E-state index contributed by atoms with van der Waals surface area (Å²) in [5.74, 6) is 0.950. The fourth-order valence-corrected chi connectivity index (χ4v) is 4.14. The van der Waals surface area contributed by atoms with Crippen molar-refractivity contribution in [1.29, 1.82) is 0 Å². The molecule has 2 aromatic rings. The van der Waals surface area contributed by atoms with E-state index in [0.717, 1.165) is 36.1 Å². The van der Waals surface area contributed by atoms with E-state index < -0.39 is 0 Å². The largest absolute Gasteiger partial charge is 0.493 e. The smallest absolute Gasteiger partial charge is 0.175 e. The molecule has 0 saturated heterocycles. The zero-order valence-electron chi connectivity index (χ0n) is 20.6. The zero-order valence-corrected chi connectivity index (χ0v) is 23.8. The van der Waals surface area contributed by atoms with Gasteiger partial charge in [-0.25, -0.2) is 4.39 Å². The van der Waals surface area contributed by atoms with Gasteiger partial charge >= 0.3 is 0 Å². The van der Waals surface area contributed by atoms with Crippen LogP contribution in [0, 0.1) is 5.82 Å². The van der Waals surface area contributed by atoms with Gasteiger partial charge in [-0.15, -0.1) is 24.8 Å². The first-order chi connectivity index (χ1) is 15.6. The Labute approximate surface area is 225 Å². The summed E-state index contributed by atoms with van der Waals surface area (Å²) < 4.78 is 26.1. The molecule has 2 aromatic carbocycles. The van der Waals surface area contributed by atoms with Crippen molar-refractivity contribution >= 4 is 40.7 Å². The molecule has 0 saturated carbocycles. The molecule has 0 unspecified atom stereocenters. The average Bonchev–Trinajstić information content (AvgIpc) is 2.80. The van der Waals surface area contributed by atoms with Crippen LogP contribution in [0.25, 0.3) is 0 Å². The van der Waals surface area contributed by atoms with Crippen LogP contribution < -0.4 is 14.8 Å². The molecule has 0 amide bonds. The van der Waals surface area contributed by atoms with E-state index in [2.05, 4.69) is 40.0 Å². The van der Waals surface area contributed by atoms with E-state index in [1.807, 2.05) is 12.1 Å². The molecule has 0 heterocycles. The number of halogens is 4. The number of ether oxygens (including phenoxy) is 2. The molecule has 4 nitrogen and oxygen atoms in total. The summed E-state index contributed by atoms with van der Waals surface area (Å²) in [6.07, 6.45) is 6.18. The van der Waals surface area contributed by atoms with Crippen LogP contribution in [-0.2, 0) is 13.2 Å². The van der Waals surface area contributed by atoms with Gasteiger partial charge in [0.15, 0.2) is 11.5 Å². The third kappa shape index (κ3) is 11.6. The zero-order chi connectivity index (χ0) is 23.2. The number of nitrogens with zero attached hydrogens (tertiary/aromatic N) is 1. The summed E-state index contributed by atoms with van der Waals surface area (Å²) in [6.45, 7) is 9.93. The van der Waals surface area contributed by atoms with Crippen molar-refractivity contribution in [3.63, 3.8) is 0 Å². The number of benzene rings is 2. The molecular formula is C26H40BrCl2FN2O2. The highest BCUT2D eigenvalue weighted by molar-refractivity contribution is 9.10. The van der Waals surface area contributed by atoms with Crippen molar-refractivity contribution in [3.05, 3.63) is 57.8 Å². The van der Waals surface area contributed by atoms with Crippen LogP contribution in [-0.4, -0.2) is 38.2 Å². The third-order valence-corrected chi connectivity index (χ3v) is 6.02. The van der Waals surface area contributed by atoms with Crippen LogP contribution in [0.3, 0.4) is 0 Å². The van der Waals surface area contributed by atoms with Crippen LogP contribution in [0.5, 0.6) is 11.5 Å². The molecule has 0 radical (unpaired) electrons. The van der Waals surface area contributed by atoms with Gasteiger partial charge in [0.05, 0.1) is 11.6 Å². The van der Waals surface area contributed by atoms with E-state index in [9.17, 15) is 4.39 Å². The minimum Gasteiger partial charge on any atom is -0.493 e. The average molecular weight is 582 g/mol. The Kier molecular flexibility index (Phi) is 18.6. The lowest BCUT2D eigenvalue weighted by Crippen LogP contribution is -2.29. The first kappa shape index (κ1) is 33.0. The summed E-state index contributed by atoms with van der Waals surface area (Å²) in [7, 11) is 1.62. The van der Waals surface area contributed by atoms with Crippen LogP contribution in [0.1, 0.15) is 57.1 Å². The highest BCUT2D eigenvalue weighted by Gasteiger charge is 2.13. The molecule has 34 heavy (non-hydrogen) atoms. The summed E-state index contributed by atoms with van der Waals surface area (Å²) in [5, 5.41) is 3.54. The van der Waals surface area contributed by atoms with Crippen molar-refractivity contribution in [1.82, 2.24) is 10.2 Å². The Hall–Kier alpha value is -1.05. The van der Waals surface area contributed by atoms with Crippen molar-refractivity contribution < 1.29 is 13.9 Å². The highest BCUT2D eigenvalue weighted by atomic mass is 79.9. The minimum atomic E-state index is -0.272. The molecule has 0 spiro atoms. The quantitative estimate of drug-likeness (QED) is 0.209. The lowest BCUT2D eigenvalue weighted by molar-refractivity contribution is 0.261. The Bertz CT molecular complexity index is 806. The van der Waals surface area contributed by atoms with E-state index >= 15 is 0 Å². The second-order valence-electron chi connectivity index (χ2n) is 8.07. The molecule has 194 valence electrons. The second kappa shape index (κ2) is 19.2. The van der Waals surface area contributed by atoms with Crippen molar-refractivity contribution in [3.8, 4) is 11.5 Å². The first-order valence-electron chi connectivity index (χ1n) is 11.7. The van der Waals surface area contributed by atoms with Crippen LogP contribution >= 0.6 is 40.7 Å². The van der Waals surface area contributed by atoms with E-state index in [-0.39, 0.29) is 37.2 Å². The maximum Gasteiger partial charge on any atom is 0.175 e. The SMILES string of the molecule is CCCCN(CCCC)CCCNCc1cc(Br)c(OCc2ccccc2F)c(OC)c1.Cl.Cl. The van der Waals surface area contributed by atoms with Crippen molar-refractivity contribution in [2.45, 2.75) is 59.1 Å². The van der Waals surface area contributed by atoms with Crippen LogP contribution in [0.2, 0.25) is 0 Å².